The molecular formula is C16H25ClN2O2. The fraction of sp³-hybridized carbons (Fsp3) is 0.562. The molecule has 3 atom stereocenters. The van der Waals surface area contributed by atoms with E-state index in [9.17, 15) is 4.79 Å². The minimum absolute atomic E-state index is 0. The van der Waals surface area contributed by atoms with Crippen molar-refractivity contribution in [1.82, 2.24) is 5.32 Å². The van der Waals surface area contributed by atoms with Crippen LogP contribution in [0.1, 0.15) is 30.9 Å². The Hall–Kier alpha value is -1.10. The number of ether oxygens (including phenoxy) is 1. The van der Waals surface area contributed by atoms with Gasteiger partial charge in [0.15, 0.2) is 0 Å². The van der Waals surface area contributed by atoms with Crippen LogP contribution in [-0.2, 0) is 16.0 Å². The third-order valence-corrected chi connectivity index (χ3v) is 3.84. The molecule has 1 aromatic rings. The van der Waals surface area contributed by atoms with Crippen molar-refractivity contribution < 1.29 is 9.53 Å². The van der Waals surface area contributed by atoms with Crippen LogP contribution in [-0.4, -0.2) is 30.7 Å². The molecule has 1 amide bonds. The number of benzene rings is 1. The van der Waals surface area contributed by atoms with E-state index in [1.165, 1.54) is 11.1 Å². The first kappa shape index (κ1) is 18.0. The van der Waals surface area contributed by atoms with Gasteiger partial charge in [0.2, 0.25) is 5.91 Å². The van der Waals surface area contributed by atoms with E-state index in [2.05, 4.69) is 24.4 Å². The molecule has 1 unspecified atom stereocenters. The molecule has 21 heavy (non-hydrogen) atoms. The van der Waals surface area contributed by atoms with E-state index >= 15 is 0 Å². The molecule has 4 nitrogen and oxygen atoms in total. The monoisotopic (exact) mass is 312 g/mol. The summed E-state index contributed by atoms with van der Waals surface area (Å²) in [7, 11) is 0. The number of rotatable bonds is 5. The second-order valence-corrected chi connectivity index (χ2v) is 5.60. The van der Waals surface area contributed by atoms with E-state index in [-0.39, 0.29) is 36.6 Å². The van der Waals surface area contributed by atoms with E-state index in [1.54, 1.807) is 0 Å². The molecule has 1 fully saturated rings. The number of hydrogen-bond acceptors (Lipinski definition) is 3. The molecule has 2 rings (SSSR count). The second kappa shape index (κ2) is 8.37. The number of nitrogens with two attached hydrogens (primary N) is 1. The predicted molar refractivity (Wildman–Crippen MR) is 86.7 cm³/mol. The standard InChI is InChI=1S/C16H24N2O2.ClH/c1-11-5-3-4-6-13(11)9-12(2)18-16(19)15-8-7-14(10-17)20-15;/h3-6,12,14-15H,7-10,17H2,1-2H3,(H,18,19);1H/t12?,14-,15+;/m1./s1. The highest BCUT2D eigenvalue weighted by Crippen LogP contribution is 2.19. The van der Waals surface area contributed by atoms with Crippen LogP contribution >= 0.6 is 12.4 Å². The maximum absolute atomic E-state index is 12.1. The van der Waals surface area contributed by atoms with Crippen LogP contribution in [0, 0.1) is 6.92 Å². The topological polar surface area (TPSA) is 64.4 Å². The summed E-state index contributed by atoms with van der Waals surface area (Å²) >= 11 is 0. The first-order valence-corrected chi connectivity index (χ1v) is 7.30. The first-order valence-electron chi connectivity index (χ1n) is 7.30. The van der Waals surface area contributed by atoms with Crippen LogP contribution in [0.3, 0.4) is 0 Å². The average Bonchev–Trinajstić information content (AvgIpc) is 2.90. The van der Waals surface area contributed by atoms with Gasteiger partial charge in [-0.3, -0.25) is 4.79 Å². The highest BCUT2D eigenvalue weighted by molar-refractivity contribution is 5.85. The Labute approximate surface area is 132 Å². The van der Waals surface area contributed by atoms with Crippen LogP contribution < -0.4 is 11.1 Å². The van der Waals surface area contributed by atoms with Crippen molar-refractivity contribution in [2.75, 3.05) is 6.54 Å². The maximum Gasteiger partial charge on any atom is 0.249 e. The molecule has 3 N–H and O–H groups in total. The van der Waals surface area contributed by atoms with Gasteiger partial charge in [0.1, 0.15) is 6.10 Å². The summed E-state index contributed by atoms with van der Waals surface area (Å²) in [6, 6.07) is 8.36. The van der Waals surface area contributed by atoms with E-state index < -0.39 is 0 Å². The third kappa shape index (κ3) is 4.99. The number of nitrogens with one attached hydrogen (secondary N) is 1. The van der Waals surface area contributed by atoms with E-state index in [4.69, 9.17) is 10.5 Å². The lowest BCUT2D eigenvalue weighted by atomic mass is 10.0. The Balaban J connectivity index is 0.00000220. The molecule has 0 saturated carbocycles. The minimum Gasteiger partial charge on any atom is -0.364 e. The third-order valence-electron chi connectivity index (χ3n) is 3.84. The zero-order valence-corrected chi connectivity index (χ0v) is 13.5. The van der Waals surface area contributed by atoms with Crippen LogP contribution in [0.15, 0.2) is 24.3 Å². The van der Waals surface area contributed by atoms with Gasteiger partial charge in [-0.15, -0.1) is 12.4 Å². The molecule has 0 aliphatic carbocycles. The Morgan fingerprint density at radius 3 is 2.76 bits per heavy atom. The number of hydrogen-bond donors (Lipinski definition) is 2. The van der Waals surface area contributed by atoms with Crippen LogP contribution in [0.4, 0.5) is 0 Å². The van der Waals surface area contributed by atoms with Crippen LogP contribution in [0.25, 0.3) is 0 Å². The minimum atomic E-state index is -0.331. The number of amides is 1. The normalized spacial score (nSPS) is 22.4. The van der Waals surface area contributed by atoms with Gasteiger partial charge in [-0.25, -0.2) is 0 Å². The van der Waals surface area contributed by atoms with Gasteiger partial charge in [0, 0.05) is 12.6 Å². The second-order valence-electron chi connectivity index (χ2n) is 5.60. The highest BCUT2D eigenvalue weighted by atomic mass is 35.5. The molecule has 1 aromatic carbocycles. The van der Waals surface area contributed by atoms with E-state index in [0.29, 0.717) is 6.54 Å². The average molecular weight is 313 g/mol. The summed E-state index contributed by atoms with van der Waals surface area (Å²) in [5, 5.41) is 3.04. The molecule has 1 aliphatic heterocycles. The van der Waals surface area contributed by atoms with Gasteiger partial charge < -0.3 is 15.8 Å². The molecule has 0 radical (unpaired) electrons. The molecule has 1 saturated heterocycles. The van der Waals surface area contributed by atoms with Crippen molar-refractivity contribution >= 4 is 18.3 Å². The SMILES string of the molecule is Cc1ccccc1CC(C)NC(=O)[C@@H]1CC[C@H](CN)O1.Cl. The smallest absolute Gasteiger partial charge is 0.249 e. The fourth-order valence-electron chi connectivity index (χ4n) is 2.63. The molecule has 0 aromatic heterocycles. The Morgan fingerprint density at radius 1 is 1.43 bits per heavy atom. The van der Waals surface area contributed by atoms with Crippen LogP contribution in [0.2, 0.25) is 0 Å². The lowest BCUT2D eigenvalue weighted by Gasteiger charge is -2.18. The van der Waals surface area contributed by atoms with E-state index in [1.807, 2.05) is 19.1 Å². The number of halogens is 1. The van der Waals surface area contributed by atoms with Gasteiger partial charge >= 0.3 is 0 Å². The largest absolute Gasteiger partial charge is 0.364 e. The molecule has 118 valence electrons. The molecule has 1 heterocycles. The van der Waals surface area contributed by atoms with Crippen molar-refractivity contribution in [1.29, 1.82) is 0 Å². The summed E-state index contributed by atoms with van der Waals surface area (Å²) in [6.45, 7) is 4.61. The Morgan fingerprint density at radius 2 is 2.14 bits per heavy atom. The zero-order chi connectivity index (χ0) is 14.5. The number of carbonyl (C=O) groups is 1. The summed E-state index contributed by atoms with van der Waals surface area (Å²) in [5.41, 5.74) is 8.09. The number of aryl methyl sites for hydroxylation is 1. The quantitative estimate of drug-likeness (QED) is 0.873. The molecule has 1 aliphatic rings. The molecule has 0 spiro atoms. The van der Waals surface area contributed by atoms with E-state index in [0.717, 1.165) is 19.3 Å². The van der Waals surface area contributed by atoms with Gasteiger partial charge in [0.25, 0.3) is 0 Å². The summed E-state index contributed by atoms with van der Waals surface area (Å²) in [6.07, 6.45) is 2.19. The number of carbonyl (C=O) groups excluding carboxylic acids is 1. The molecular weight excluding hydrogens is 288 g/mol. The molecule has 5 heteroatoms. The van der Waals surface area contributed by atoms with Crippen molar-refractivity contribution in [2.45, 2.75) is 51.4 Å². The van der Waals surface area contributed by atoms with Gasteiger partial charge in [-0.2, -0.15) is 0 Å². The molecule has 0 bridgehead atoms. The lowest BCUT2D eigenvalue weighted by molar-refractivity contribution is -0.132. The van der Waals surface area contributed by atoms with Gasteiger partial charge in [0.05, 0.1) is 6.10 Å². The lowest BCUT2D eigenvalue weighted by Crippen LogP contribution is -2.41. The van der Waals surface area contributed by atoms with Crippen LogP contribution in [0.5, 0.6) is 0 Å². The first-order chi connectivity index (χ1) is 9.60. The van der Waals surface area contributed by atoms with Crippen molar-refractivity contribution in [2.24, 2.45) is 5.73 Å². The van der Waals surface area contributed by atoms with Crippen molar-refractivity contribution in [3.05, 3.63) is 35.4 Å². The van der Waals surface area contributed by atoms with Gasteiger partial charge in [-0.05, 0) is 44.2 Å². The summed E-state index contributed by atoms with van der Waals surface area (Å²) in [5.74, 6) is -0.0120. The van der Waals surface area contributed by atoms with Crippen molar-refractivity contribution in [3.63, 3.8) is 0 Å². The summed E-state index contributed by atoms with van der Waals surface area (Å²) < 4.78 is 5.61. The maximum atomic E-state index is 12.1. The zero-order valence-electron chi connectivity index (χ0n) is 12.7. The highest BCUT2D eigenvalue weighted by Gasteiger charge is 2.30. The summed E-state index contributed by atoms with van der Waals surface area (Å²) in [4.78, 5) is 12.1. The Kier molecular flexibility index (Phi) is 7.15. The van der Waals surface area contributed by atoms with Crippen molar-refractivity contribution in [3.8, 4) is 0 Å². The fourth-order valence-corrected chi connectivity index (χ4v) is 2.63. The predicted octanol–water partition coefficient (Wildman–Crippen LogP) is 1.97. The van der Waals surface area contributed by atoms with Gasteiger partial charge in [-0.1, -0.05) is 24.3 Å². The Bertz CT molecular complexity index is 467.